The van der Waals surface area contributed by atoms with Crippen LogP contribution in [0.3, 0.4) is 0 Å². The van der Waals surface area contributed by atoms with Crippen LogP contribution in [0.25, 0.3) is 115 Å². The van der Waals surface area contributed by atoms with Crippen LogP contribution in [0.5, 0.6) is 0 Å². The molecule has 4 nitrogen and oxygen atoms in total. The molecule has 2 unspecified atom stereocenters. The van der Waals surface area contributed by atoms with Crippen molar-refractivity contribution in [1.29, 1.82) is 0 Å². The van der Waals surface area contributed by atoms with Crippen LogP contribution in [0, 0.1) is 24.7 Å². The van der Waals surface area contributed by atoms with Crippen molar-refractivity contribution >= 4 is 92.9 Å². The Morgan fingerprint density at radius 1 is 0.451 bits per heavy atom. The van der Waals surface area contributed by atoms with Gasteiger partial charge >= 0.3 is 0 Å². The molecule has 3 aliphatic carbocycles. The first kappa shape index (κ1) is 50.2. The molecular formula is C78H62N4. The van der Waals surface area contributed by atoms with Gasteiger partial charge in [-0.25, -0.2) is 0 Å². The van der Waals surface area contributed by atoms with Gasteiger partial charge in [-0.3, -0.25) is 0 Å². The van der Waals surface area contributed by atoms with Crippen molar-refractivity contribution in [3.8, 4) is 35.3 Å². The lowest BCUT2D eigenvalue weighted by molar-refractivity contribution is 0.426. The zero-order chi connectivity index (χ0) is 55.6. The van der Waals surface area contributed by atoms with E-state index in [0.29, 0.717) is 0 Å². The number of hydrogen-bond donors (Lipinski definition) is 1. The van der Waals surface area contributed by atoms with Crippen molar-refractivity contribution in [2.75, 3.05) is 0 Å². The number of nitrogens with zero attached hydrogens (tertiary/aromatic N) is 3. The summed E-state index contributed by atoms with van der Waals surface area (Å²) < 4.78 is 7.52. The number of rotatable bonds is 5. The highest BCUT2D eigenvalue weighted by atomic mass is 15.0. The molecule has 4 heteroatoms. The van der Waals surface area contributed by atoms with E-state index in [9.17, 15) is 0 Å². The van der Waals surface area contributed by atoms with E-state index in [1.54, 1.807) is 0 Å². The van der Waals surface area contributed by atoms with Gasteiger partial charge in [0.25, 0.3) is 0 Å². The average Bonchev–Trinajstić information content (AvgIpc) is 1.78. The van der Waals surface area contributed by atoms with E-state index >= 15 is 0 Å². The van der Waals surface area contributed by atoms with Gasteiger partial charge in [-0.15, -0.1) is 12.8 Å². The summed E-state index contributed by atoms with van der Waals surface area (Å²) in [5, 5.41) is 10.3. The number of aromatic amines is 1. The molecule has 0 bridgehead atoms. The largest absolute Gasteiger partial charge is 0.355 e. The monoisotopic (exact) mass is 1050 g/mol. The average molecular weight is 1060 g/mol. The fourth-order valence-electron chi connectivity index (χ4n) is 14.7. The molecule has 17 rings (SSSR count). The molecule has 10 aromatic carbocycles. The molecular weight excluding hydrogens is 993 g/mol. The lowest BCUT2D eigenvalue weighted by Crippen LogP contribution is -2.35. The molecule has 1 N–H and O–H groups in total. The van der Waals surface area contributed by atoms with Crippen molar-refractivity contribution < 1.29 is 0 Å². The molecule has 4 heterocycles. The Bertz CT molecular complexity index is 4620. The molecule has 14 aromatic rings. The number of fused-ring (bicyclic) bond motifs is 19. The predicted molar refractivity (Wildman–Crippen MR) is 350 cm³/mol. The summed E-state index contributed by atoms with van der Waals surface area (Å²) in [4.78, 5) is 3.38. The van der Waals surface area contributed by atoms with Crippen molar-refractivity contribution in [1.82, 2.24) is 18.7 Å². The van der Waals surface area contributed by atoms with Gasteiger partial charge in [-0.2, -0.15) is 0 Å². The van der Waals surface area contributed by atoms with E-state index in [1.165, 1.54) is 138 Å². The summed E-state index contributed by atoms with van der Waals surface area (Å²) in [6.07, 6.45) is 21.2. The highest BCUT2D eigenvalue weighted by Crippen LogP contribution is 2.66. The molecule has 2 atom stereocenters. The van der Waals surface area contributed by atoms with Crippen LogP contribution in [-0.4, -0.2) is 18.7 Å². The predicted octanol–water partition coefficient (Wildman–Crippen LogP) is 20.5. The Balaban J connectivity index is 0.000000306. The molecule has 394 valence electrons. The Morgan fingerprint density at radius 3 is 1.18 bits per heavy atom. The summed E-state index contributed by atoms with van der Waals surface area (Å²) in [7, 11) is 0. The van der Waals surface area contributed by atoms with Crippen molar-refractivity contribution in [2.24, 2.45) is 11.8 Å². The number of terminal acetylenes is 1. The topological polar surface area (TPSA) is 30.6 Å². The van der Waals surface area contributed by atoms with Crippen LogP contribution in [0.15, 0.2) is 272 Å². The summed E-state index contributed by atoms with van der Waals surface area (Å²) in [5.74, 6) is 0.288. The number of H-pyrrole nitrogens is 1. The first-order chi connectivity index (χ1) is 40.6. The SMILES string of the molecule is C#C.C/C=C\C1=C(CC)C2(c3cc(-n4c5ccccc5c5ccccc54)ccc3-c3ccc(-n4c5ccccc5c5ccccc54)cc32)C2C=C(n3c4ccccc4c4ccccc43)C=CC12.CC.c1ccc2c(c1)[nH]c1ccccc12. The first-order valence-electron chi connectivity index (χ1n) is 28.9. The van der Waals surface area contributed by atoms with Gasteiger partial charge in [0, 0.05) is 83.0 Å². The first-order valence-corrected chi connectivity index (χ1v) is 28.9. The Kier molecular flexibility index (Phi) is 12.4. The third kappa shape index (κ3) is 7.26. The van der Waals surface area contributed by atoms with E-state index in [-0.39, 0.29) is 11.8 Å². The Morgan fingerprint density at radius 2 is 0.805 bits per heavy atom. The molecule has 0 saturated carbocycles. The van der Waals surface area contributed by atoms with E-state index < -0.39 is 5.41 Å². The van der Waals surface area contributed by atoms with Gasteiger partial charge in [0.2, 0.25) is 0 Å². The smallest absolute Gasteiger partial charge is 0.0541 e. The summed E-state index contributed by atoms with van der Waals surface area (Å²) >= 11 is 0. The van der Waals surface area contributed by atoms with Crippen LogP contribution in [0.2, 0.25) is 0 Å². The fourth-order valence-corrected chi connectivity index (χ4v) is 14.7. The molecule has 3 aliphatic rings. The van der Waals surface area contributed by atoms with E-state index in [4.69, 9.17) is 0 Å². The van der Waals surface area contributed by atoms with Crippen molar-refractivity contribution in [3.05, 3.63) is 283 Å². The highest BCUT2D eigenvalue weighted by molar-refractivity contribution is 6.12. The number of nitrogens with one attached hydrogen (secondary N) is 1. The van der Waals surface area contributed by atoms with Crippen molar-refractivity contribution in [3.63, 3.8) is 0 Å². The van der Waals surface area contributed by atoms with E-state index in [1.807, 2.05) is 13.8 Å². The number of aromatic nitrogens is 4. The van der Waals surface area contributed by atoms with Gasteiger partial charge in [-0.05, 0) is 120 Å². The molecule has 82 heavy (non-hydrogen) atoms. The minimum atomic E-state index is -0.461. The number of benzene rings is 10. The quantitative estimate of drug-likeness (QED) is 0.167. The van der Waals surface area contributed by atoms with E-state index in [0.717, 1.165) is 6.42 Å². The molecule has 0 saturated heterocycles. The zero-order valence-electron chi connectivity index (χ0n) is 46.7. The zero-order valence-corrected chi connectivity index (χ0v) is 46.7. The molecule has 1 spiro atoms. The summed E-state index contributed by atoms with van der Waals surface area (Å²) in [5.41, 5.74) is 21.4. The Hall–Kier alpha value is -10.1. The maximum Gasteiger partial charge on any atom is 0.0541 e. The van der Waals surface area contributed by atoms with Gasteiger partial charge in [0.1, 0.15) is 0 Å². The summed E-state index contributed by atoms with van der Waals surface area (Å²) in [6, 6.07) is 85.0. The highest BCUT2D eigenvalue weighted by Gasteiger charge is 2.58. The molecule has 0 radical (unpaired) electrons. The van der Waals surface area contributed by atoms with Gasteiger partial charge in [0.05, 0.1) is 38.5 Å². The third-order valence-corrected chi connectivity index (χ3v) is 17.7. The molecule has 0 fully saturated rings. The lowest BCUT2D eigenvalue weighted by atomic mass is 9.63. The fraction of sp³-hybridized carbons (Fsp3) is 0.103. The second-order valence-electron chi connectivity index (χ2n) is 21.4. The minimum absolute atomic E-state index is 0.102. The maximum absolute atomic E-state index is 4.00. The van der Waals surface area contributed by atoms with Gasteiger partial charge in [0.15, 0.2) is 0 Å². The normalized spacial score (nSPS) is 15.7. The Labute approximate surface area is 478 Å². The third-order valence-electron chi connectivity index (χ3n) is 17.7. The standard InChI is InChI=1S/C62H45N3.C12H9N.C2H6.C2H2/c1-3-17-42-43-33-30-39(63-56-24-11-5-18-46(56)47-19-6-12-25-57(47)63)36-53(43)62(52(42)4-2)54-37-40(64-58-26-13-7-20-48(58)49-21-8-14-27-59(49)64)31-34-44(54)45-35-32-41(38-55(45)62)65-60-28-15-9-22-50(60)51-23-10-16-29-61(51)65;1-3-7-11-9(5-1)10-6-2-4-8-12(10)13-11;2*1-2/h3,5-38,43,53H,4H2,1-2H3;1-8,13H;1-2H3;1-2H/b17-3-;;;. The summed E-state index contributed by atoms with van der Waals surface area (Å²) in [6.45, 7) is 8.58. The van der Waals surface area contributed by atoms with Crippen LogP contribution in [0.4, 0.5) is 0 Å². The molecule has 4 aromatic heterocycles. The van der Waals surface area contributed by atoms with Crippen LogP contribution in [0.1, 0.15) is 45.2 Å². The molecule has 0 aliphatic heterocycles. The van der Waals surface area contributed by atoms with Gasteiger partial charge in [-0.1, -0.05) is 208 Å². The lowest BCUT2D eigenvalue weighted by Gasteiger charge is -2.39. The molecule has 0 amide bonds. The second kappa shape index (κ2) is 20.2. The number of allylic oxidation sites excluding steroid dienone is 8. The van der Waals surface area contributed by atoms with Crippen LogP contribution < -0.4 is 0 Å². The van der Waals surface area contributed by atoms with Crippen molar-refractivity contribution in [2.45, 2.75) is 39.5 Å². The second-order valence-corrected chi connectivity index (χ2v) is 21.4. The van der Waals surface area contributed by atoms with Crippen LogP contribution in [-0.2, 0) is 5.41 Å². The number of hydrogen-bond acceptors (Lipinski definition) is 0. The number of para-hydroxylation sites is 8. The van der Waals surface area contributed by atoms with E-state index in [2.05, 4.69) is 306 Å². The maximum atomic E-state index is 4.00. The van der Waals surface area contributed by atoms with Crippen LogP contribution >= 0.6 is 0 Å². The minimum Gasteiger partial charge on any atom is -0.355 e. The van der Waals surface area contributed by atoms with Gasteiger partial charge < -0.3 is 18.7 Å².